The molecular weight excluding hydrogens is 352 g/mol. The molecule has 0 bridgehead atoms. The molecule has 0 saturated carbocycles. The van der Waals surface area contributed by atoms with Crippen LogP contribution in [0.2, 0.25) is 5.02 Å². The molecule has 2 amide bonds. The van der Waals surface area contributed by atoms with Gasteiger partial charge >= 0.3 is 0 Å². The summed E-state index contributed by atoms with van der Waals surface area (Å²) in [5.41, 5.74) is 2.46. The number of amides is 2. The molecule has 1 N–H and O–H groups in total. The van der Waals surface area contributed by atoms with Gasteiger partial charge in [0.25, 0.3) is 0 Å². The van der Waals surface area contributed by atoms with E-state index in [0.717, 1.165) is 11.1 Å². The number of halogens is 1. The van der Waals surface area contributed by atoms with Crippen molar-refractivity contribution in [1.82, 2.24) is 4.90 Å². The SMILES string of the molecule is CCOc1ccc(Cl)cc1CN(C)C(=O)CC(=O)Nc1ccccc1C. The number of carbonyl (C=O) groups is 2. The zero-order valence-electron chi connectivity index (χ0n) is 15.2. The predicted octanol–water partition coefficient (Wildman–Crippen LogP) is 4.03. The zero-order chi connectivity index (χ0) is 19.1. The number of nitrogens with zero attached hydrogens (tertiary/aromatic N) is 1. The van der Waals surface area contributed by atoms with Crippen LogP contribution >= 0.6 is 11.6 Å². The van der Waals surface area contributed by atoms with Gasteiger partial charge < -0.3 is 15.0 Å². The molecule has 0 atom stereocenters. The molecule has 0 aliphatic carbocycles. The summed E-state index contributed by atoms with van der Waals surface area (Å²) in [4.78, 5) is 26.0. The van der Waals surface area contributed by atoms with E-state index in [1.165, 1.54) is 4.90 Å². The van der Waals surface area contributed by atoms with Crippen molar-refractivity contribution in [2.24, 2.45) is 0 Å². The highest BCUT2D eigenvalue weighted by molar-refractivity contribution is 6.30. The molecule has 138 valence electrons. The first kappa shape index (κ1) is 19.8. The molecule has 2 rings (SSSR count). The normalized spacial score (nSPS) is 10.3. The first-order valence-electron chi connectivity index (χ1n) is 8.41. The summed E-state index contributed by atoms with van der Waals surface area (Å²) in [5.74, 6) is 0.0618. The van der Waals surface area contributed by atoms with Gasteiger partial charge in [-0.2, -0.15) is 0 Å². The minimum absolute atomic E-state index is 0.227. The van der Waals surface area contributed by atoms with Gasteiger partial charge in [-0.1, -0.05) is 29.8 Å². The summed E-state index contributed by atoms with van der Waals surface area (Å²) in [6.07, 6.45) is -0.227. The van der Waals surface area contributed by atoms with E-state index in [4.69, 9.17) is 16.3 Å². The van der Waals surface area contributed by atoms with Crippen molar-refractivity contribution in [2.75, 3.05) is 19.0 Å². The van der Waals surface area contributed by atoms with Crippen molar-refractivity contribution >= 4 is 29.1 Å². The van der Waals surface area contributed by atoms with Crippen molar-refractivity contribution < 1.29 is 14.3 Å². The second kappa shape index (κ2) is 9.25. The molecule has 0 aliphatic rings. The number of anilines is 1. The second-order valence-electron chi connectivity index (χ2n) is 5.97. The van der Waals surface area contributed by atoms with E-state index in [2.05, 4.69) is 5.32 Å². The van der Waals surface area contributed by atoms with Gasteiger partial charge in [0.05, 0.1) is 6.61 Å². The molecule has 2 aromatic rings. The van der Waals surface area contributed by atoms with Crippen LogP contribution < -0.4 is 10.1 Å². The van der Waals surface area contributed by atoms with Crippen LogP contribution in [0.3, 0.4) is 0 Å². The Morgan fingerprint density at radius 1 is 1.19 bits per heavy atom. The van der Waals surface area contributed by atoms with Gasteiger partial charge in [-0.3, -0.25) is 9.59 Å². The maximum absolute atomic E-state index is 12.4. The van der Waals surface area contributed by atoms with Crippen LogP contribution in [0.15, 0.2) is 42.5 Å². The van der Waals surface area contributed by atoms with Crippen LogP contribution in [0.4, 0.5) is 5.69 Å². The van der Waals surface area contributed by atoms with Gasteiger partial charge in [0.15, 0.2) is 0 Å². The molecular formula is C20H23ClN2O3. The lowest BCUT2D eigenvalue weighted by Gasteiger charge is -2.19. The van der Waals surface area contributed by atoms with Gasteiger partial charge in [-0.25, -0.2) is 0 Å². The number of carbonyl (C=O) groups excluding carboxylic acids is 2. The Morgan fingerprint density at radius 2 is 1.92 bits per heavy atom. The van der Waals surface area contributed by atoms with Crippen molar-refractivity contribution in [3.63, 3.8) is 0 Å². The van der Waals surface area contributed by atoms with Crippen LogP contribution in [0.5, 0.6) is 5.75 Å². The first-order chi connectivity index (χ1) is 12.4. The quantitative estimate of drug-likeness (QED) is 0.744. The maximum Gasteiger partial charge on any atom is 0.233 e. The largest absolute Gasteiger partial charge is 0.494 e. The highest BCUT2D eigenvalue weighted by atomic mass is 35.5. The molecule has 0 aromatic heterocycles. The molecule has 2 aromatic carbocycles. The topological polar surface area (TPSA) is 58.6 Å². The van der Waals surface area contributed by atoms with E-state index >= 15 is 0 Å². The summed E-state index contributed by atoms with van der Waals surface area (Å²) in [6, 6.07) is 12.7. The minimum Gasteiger partial charge on any atom is -0.494 e. The van der Waals surface area contributed by atoms with Gasteiger partial charge in [-0.05, 0) is 43.7 Å². The van der Waals surface area contributed by atoms with Gasteiger partial charge in [0.2, 0.25) is 11.8 Å². The highest BCUT2D eigenvalue weighted by Crippen LogP contribution is 2.24. The molecule has 26 heavy (non-hydrogen) atoms. The second-order valence-corrected chi connectivity index (χ2v) is 6.41. The maximum atomic E-state index is 12.4. The summed E-state index contributed by atoms with van der Waals surface area (Å²) in [6.45, 7) is 4.62. The summed E-state index contributed by atoms with van der Waals surface area (Å²) in [5, 5.41) is 3.34. The van der Waals surface area contributed by atoms with E-state index < -0.39 is 0 Å². The Labute approximate surface area is 158 Å². The summed E-state index contributed by atoms with van der Waals surface area (Å²) in [7, 11) is 1.65. The average Bonchev–Trinajstić information content (AvgIpc) is 2.59. The van der Waals surface area contributed by atoms with Crippen LogP contribution in [0.25, 0.3) is 0 Å². The third-order valence-corrected chi connectivity index (χ3v) is 4.12. The Bertz CT molecular complexity index is 792. The van der Waals surface area contributed by atoms with Crippen LogP contribution in [0.1, 0.15) is 24.5 Å². The monoisotopic (exact) mass is 374 g/mol. The molecule has 0 saturated heterocycles. The third-order valence-electron chi connectivity index (χ3n) is 3.89. The lowest BCUT2D eigenvalue weighted by Crippen LogP contribution is -2.30. The molecule has 0 aliphatic heterocycles. The average molecular weight is 375 g/mol. The number of nitrogens with one attached hydrogen (secondary N) is 1. The van der Waals surface area contributed by atoms with E-state index in [1.54, 1.807) is 25.2 Å². The Balaban J connectivity index is 1.98. The number of hydrogen-bond donors (Lipinski definition) is 1. The number of ether oxygens (including phenoxy) is 1. The Morgan fingerprint density at radius 3 is 2.62 bits per heavy atom. The van der Waals surface area contributed by atoms with Crippen molar-refractivity contribution in [2.45, 2.75) is 26.8 Å². The molecule has 6 heteroatoms. The van der Waals surface area contributed by atoms with E-state index in [1.807, 2.05) is 38.1 Å². The lowest BCUT2D eigenvalue weighted by atomic mass is 10.1. The van der Waals surface area contributed by atoms with E-state index in [0.29, 0.717) is 29.6 Å². The Hall–Kier alpha value is -2.53. The van der Waals surface area contributed by atoms with Crippen molar-refractivity contribution in [3.8, 4) is 5.75 Å². The molecule has 0 heterocycles. The zero-order valence-corrected chi connectivity index (χ0v) is 16.0. The number of hydrogen-bond acceptors (Lipinski definition) is 3. The van der Waals surface area contributed by atoms with Crippen LogP contribution in [0, 0.1) is 6.92 Å². The smallest absolute Gasteiger partial charge is 0.233 e. The minimum atomic E-state index is -0.340. The molecule has 0 fully saturated rings. The molecule has 0 unspecified atom stereocenters. The fraction of sp³-hybridized carbons (Fsp3) is 0.300. The number of para-hydroxylation sites is 1. The van der Waals surface area contributed by atoms with Crippen molar-refractivity contribution in [3.05, 3.63) is 58.6 Å². The van der Waals surface area contributed by atoms with Crippen LogP contribution in [-0.2, 0) is 16.1 Å². The first-order valence-corrected chi connectivity index (χ1v) is 8.79. The fourth-order valence-corrected chi connectivity index (χ4v) is 2.69. The highest BCUT2D eigenvalue weighted by Gasteiger charge is 2.17. The summed E-state index contributed by atoms with van der Waals surface area (Å²) < 4.78 is 5.57. The van der Waals surface area contributed by atoms with Gasteiger partial charge in [0.1, 0.15) is 12.2 Å². The molecule has 0 radical (unpaired) electrons. The summed E-state index contributed by atoms with van der Waals surface area (Å²) >= 11 is 6.05. The van der Waals surface area contributed by atoms with E-state index in [-0.39, 0.29) is 18.2 Å². The van der Waals surface area contributed by atoms with Crippen molar-refractivity contribution in [1.29, 1.82) is 0 Å². The lowest BCUT2D eigenvalue weighted by molar-refractivity contribution is -0.134. The van der Waals surface area contributed by atoms with Gasteiger partial charge in [-0.15, -0.1) is 0 Å². The molecule has 0 spiro atoms. The van der Waals surface area contributed by atoms with Gasteiger partial charge in [0, 0.05) is 29.9 Å². The van der Waals surface area contributed by atoms with Crippen LogP contribution in [-0.4, -0.2) is 30.4 Å². The number of benzene rings is 2. The fourth-order valence-electron chi connectivity index (χ4n) is 2.49. The number of aryl methyl sites for hydroxylation is 1. The number of rotatable bonds is 7. The Kier molecular flexibility index (Phi) is 7.04. The standard InChI is InChI=1S/C20H23ClN2O3/c1-4-26-18-10-9-16(21)11-15(18)13-23(3)20(25)12-19(24)22-17-8-6-5-7-14(17)2/h5-11H,4,12-13H2,1-3H3,(H,22,24). The molecule has 5 nitrogen and oxygen atoms in total. The third kappa shape index (κ3) is 5.49. The van der Waals surface area contributed by atoms with E-state index in [9.17, 15) is 9.59 Å². The predicted molar refractivity (Wildman–Crippen MR) is 104 cm³/mol.